The highest BCUT2D eigenvalue weighted by Crippen LogP contribution is 2.25. The Morgan fingerprint density at radius 3 is 2.72 bits per heavy atom. The minimum absolute atomic E-state index is 0.0858. The van der Waals surface area contributed by atoms with Gasteiger partial charge in [0.1, 0.15) is 4.83 Å². The number of hydrogen-bond acceptors (Lipinski definition) is 4. The summed E-state index contributed by atoms with van der Waals surface area (Å²) in [6, 6.07) is 7.31. The summed E-state index contributed by atoms with van der Waals surface area (Å²) in [5.41, 5.74) is 1.86. The highest BCUT2D eigenvalue weighted by molar-refractivity contribution is 7.18. The van der Waals surface area contributed by atoms with E-state index in [4.69, 9.17) is 11.6 Å². The van der Waals surface area contributed by atoms with Crippen molar-refractivity contribution in [2.75, 3.05) is 0 Å². The Balaban J connectivity index is 1.63. The topological polar surface area (TPSA) is 64.0 Å². The molecule has 3 rings (SSSR count). The minimum Gasteiger partial charge on any atom is -0.352 e. The second kappa shape index (κ2) is 7.37. The summed E-state index contributed by atoms with van der Waals surface area (Å²) in [4.78, 5) is 30.8. The van der Waals surface area contributed by atoms with Crippen LogP contribution in [0.25, 0.3) is 10.2 Å². The number of nitrogens with one attached hydrogen (secondary N) is 1. The molecule has 2 heterocycles. The van der Waals surface area contributed by atoms with Crippen LogP contribution in [0.2, 0.25) is 5.02 Å². The molecule has 5 nitrogen and oxygen atoms in total. The van der Waals surface area contributed by atoms with Crippen LogP contribution in [0.3, 0.4) is 0 Å². The number of carbonyl (C=O) groups is 1. The lowest BCUT2D eigenvalue weighted by Crippen LogP contribution is -2.27. The maximum atomic E-state index is 12.6. The Bertz CT molecular complexity index is 976. The van der Waals surface area contributed by atoms with Crippen molar-refractivity contribution in [2.24, 2.45) is 0 Å². The summed E-state index contributed by atoms with van der Waals surface area (Å²) < 4.78 is 1.50. The van der Waals surface area contributed by atoms with Gasteiger partial charge in [0.2, 0.25) is 5.91 Å². The Morgan fingerprint density at radius 2 is 2.00 bits per heavy atom. The van der Waals surface area contributed by atoms with Crippen LogP contribution >= 0.6 is 22.9 Å². The summed E-state index contributed by atoms with van der Waals surface area (Å²) in [5.74, 6) is -0.111. The highest BCUT2D eigenvalue weighted by atomic mass is 35.5. The number of carbonyl (C=O) groups excluding carboxylic acids is 1. The molecule has 0 aliphatic heterocycles. The van der Waals surface area contributed by atoms with Crippen LogP contribution < -0.4 is 10.9 Å². The number of fused-ring (bicyclic) bond motifs is 1. The lowest BCUT2D eigenvalue weighted by atomic mass is 10.2. The molecule has 0 spiro atoms. The lowest BCUT2D eigenvalue weighted by Gasteiger charge is -2.07. The molecule has 0 saturated heterocycles. The van der Waals surface area contributed by atoms with Gasteiger partial charge in [0.05, 0.1) is 11.7 Å². The van der Waals surface area contributed by atoms with Gasteiger partial charge in [-0.25, -0.2) is 4.98 Å². The van der Waals surface area contributed by atoms with Crippen LogP contribution in [0.5, 0.6) is 0 Å². The summed E-state index contributed by atoms with van der Waals surface area (Å²) >= 11 is 7.36. The van der Waals surface area contributed by atoms with Crippen LogP contribution in [0, 0.1) is 13.8 Å². The predicted octanol–water partition coefficient (Wildman–Crippen LogP) is 3.43. The van der Waals surface area contributed by atoms with E-state index in [9.17, 15) is 9.59 Å². The molecular formula is C18H18ClN3O2S. The van der Waals surface area contributed by atoms with Crippen molar-refractivity contribution in [1.82, 2.24) is 14.9 Å². The molecule has 3 aromatic rings. The fourth-order valence-corrected chi connectivity index (χ4v) is 3.66. The Labute approximate surface area is 154 Å². The number of nitrogens with zero attached hydrogens (tertiary/aromatic N) is 2. The van der Waals surface area contributed by atoms with Gasteiger partial charge in [-0.1, -0.05) is 23.7 Å². The molecule has 25 heavy (non-hydrogen) atoms. The van der Waals surface area contributed by atoms with Gasteiger partial charge < -0.3 is 5.32 Å². The Hall–Kier alpha value is -2.18. The molecule has 2 aromatic heterocycles. The van der Waals surface area contributed by atoms with Gasteiger partial charge in [-0.05, 0) is 37.1 Å². The van der Waals surface area contributed by atoms with Gasteiger partial charge in [0.25, 0.3) is 5.56 Å². The molecule has 0 aliphatic rings. The third kappa shape index (κ3) is 3.91. The monoisotopic (exact) mass is 375 g/mol. The van der Waals surface area contributed by atoms with Crippen LogP contribution in [-0.4, -0.2) is 15.5 Å². The zero-order chi connectivity index (χ0) is 18.0. The van der Waals surface area contributed by atoms with Crippen molar-refractivity contribution >= 4 is 39.1 Å². The van der Waals surface area contributed by atoms with Crippen LogP contribution in [0.15, 0.2) is 35.4 Å². The molecule has 0 unspecified atom stereocenters. The van der Waals surface area contributed by atoms with Crippen molar-refractivity contribution in [3.63, 3.8) is 0 Å². The number of benzene rings is 1. The molecule has 1 N–H and O–H groups in total. The molecule has 1 aromatic carbocycles. The normalized spacial score (nSPS) is 11.0. The number of aromatic nitrogens is 2. The van der Waals surface area contributed by atoms with Gasteiger partial charge in [-0.3, -0.25) is 14.2 Å². The fraction of sp³-hybridized carbons (Fsp3) is 0.278. The number of aryl methyl sites for hydroxylation is 3. The second-order valence-electron chi connectivity index (χ2n) is 5.86. The van der Waals surface area contributed by atoms with E-state index in [0.29, 0.717) is 23.5 Å². The smallest absolute Gasteiger partial charge is 0.262 e. The molecule has 0 fully saturated rings. The van der Waals surface area contributed by atoms with Crippen molar-refractivity contribution in [3.05, 3.63) is 62.0 Å². The van der Waals surface area contributed by atoms with E-state index in [1.807, 2.05) is 26.0 Å². The van der Waals surface area contributed by atoms with E-state index >= 15 is 0 Å². The summed E-state index contributed by atoms with van der Waals surface area (Å²) in [6.45, 7) is 4.66. The minimum atomic E-state index is -0.111. The van der Waals surface area contributed by atoms with E-state index in [0.717, 1.165) is 20.8 Å². The van der Waals surface area contributed by atoms with Crippen LogP contribution in [-0.2, 0) is 17.9 Å². The summed E-state index contributed by atoms with van der Waals surface area (Å²) in [7, 11) is 0. The first-order valence-electron chi connectivity index (χ1n) is 7.92. The summed E-state index contributed by atoms with van der Waals surface area (Å²) in [6.07, 6.45) is 1.75. The first-order chi connectivity index (χ1) is 12.0. The number of rotatable bonds is 5. The van der Waals surface area contributed by atoms with Gasteiger partial charge in [-0.15, -0.1) is 11.3 Å². The van der Waals surface area contributed by atoms with Crippen LogP contribution in [0.4, 0.5) is 0 Å². The van der Waals surface area contributed by atoms with E-state index in [2.05, 4.69) is 10.3 Å². The first kappa shape index (κ1) is 17.6. The zero-order valence-electron chi connectivity index (χ0n) is 14.0. The average molecular weight is 376 g/mol. The molecule has 1 amide bonds. The Morgan fingerprint density at radius 1 is 1.28 bits per heavy atom. The van der Waals surface area contributed by atoms with Gasteiger partial charge in [-0.2, -0.15) is 0 Å². The van der Waals surface area contributed by atoms with Crippen molar-refractivity contribution < 1.29 is 4.79 Å². The molecule has 0 aliphatic carbocycles. The van der Waals surface area contributed by atoms with Crippen molar-refractivity contribution in [2.45, 2.75) is 33.4 Å². The third-order valence-electron chi connectivity index (χ3n) is 4.14. The van der Waals surface area contributed by atoms with Gasteiger partial charge in [0, 0.05) is 29.4 Å². The van der Waals surface area contributed by atoms with Crippen LogP contribution in [0.1, 0.15) is 22.4 Å². The average Bonchev–Trinajstić information content (AvgIpc) is 2.89. The molecule has 0 atom stereocenters. The number of hydrogen-bond donors (Lipinski definition) is 1. The quantitative estimate of drug-likeness (QED) is 0.743. The maximum Gasteiger partial charge on any atom is 0.262 e. The number of halogens is 1. The molecule has 0 bridgehead atoms. The zero-order valence-corrected chi connectivity index (χ0v) is 15.6. The third-order valence-corrected chi connectivity index (χ3v) is 5.51. The van der Waals surface area contributed by atoms with Gasteiger partial charge >= 0.3 is 0 Å². The van der Waals surface area contributed by atoms with Gasteiger partial charge in [0.15, 0.2) is 0 Å². The number of thiophene rings is 1. The van der Waals surface area contributed by atoms with Crippen molar-refractivity contribution in [3.8, 4) is 0 Å². The number of amides is 1. The van der Waals surface area contributed by atoms with E-state index in [1.165, 1.54) is 22.2 Å². The summed E-state index contributed by atoms with van der Waals surface area (Å²) in [5, 5.41) is 4.17. The molecule has 0 radical (unpaired) electrons. The van der Waals surface area contributed by atoms with E-state index in [1.54, 1.807) is 12.1 Å². The van der Waals surface area contributed by atoms with Crippen molar-refractivity contribution in [1.29, 1.82) is 0 Å². The molecule has 7 heteroatoms. The van der Waals surface area contributed by atoms with E-state index in [-0.39, 0.29) is 17.9 Å². The largest absolute Gasteiger partial charge is 0.352 e. The molecule has 0 saturated carbocycles. The first-order valence-corrected chi connectivity index (χ1v) is 9.11. The van der Waals surface area contributed by atoms with E-state index < -0.39 is 0 Å². The maximum absolute atomic E-state index is 12.6. The fourth-order valence-electron chi connectivity index (χ4n) is 2.54. The standard InChI is InChI=1S/C18H18ClN3O2S/c1-11-12(2)25-17-16(11)18(24)22(10-21-17)8-7-15(23)20-9-13-3-5-14(19)6-4-13/h3-6,10H,7-9H2,1-2H3,(H,20,23). The molecule has 130 valence electrons. The second-order valence-corrected chi connectivity index (χ2v) is 7.50. The SMILES string of the molecule is Cc1sc2ncn(CCC(=O)NCc3ccc(Cl)cc3)c(=O)c2c1C. The highest BCUT2D eigenvalue weighted by Gasteiger charge is 2.12. The lowest BCUT2D eigenvalue weighted by molar-refractivity contribution is -0.121. The Kier molecular flexibility index (Phi) is 5.20. The predicted molar refractivity (Wildman–Crippen MR) is 101 cm³/mol. The molecular weight excluding hydrogens is 358 g/mol.